The normalized spacial score (nSPS) is 14.5. The van der Waals surface area contributed by atoms with Gasteiger partial charge in [-0.15, -0.1) is 0 Å². The molecule has 1 aromatic rings. The topological polar surface area (TPSA) is 116 Å². The van der Waals surface area contributed by atoms with Gasteiger partial charge in [0.25, 0.3) is 0 Å². The molecule has 1 aliphatic heterocycles. The third-order valence-electron chi connectivity index (χ3n) is 1.75. The van der Waals surface area contributed by atoms with Crippen molar-refractivity contribution in [2.45, 2.75) is 0 Å². The fourth-order valence-electron chi connectivity index (χ4n) is 0.998. The minimum absolute atomic E-state index is 0.124. The van der Waals surface area contributed by atoms with E-state index in [4.69, 9.17) is 8.19 Å². The Morgan fingerprint density at radius 2 is 1.71 bits per heavy atom. The van der Waals surface area contributed by atoms with E-state index in [1.165, 1.54) is 12.1 Å². The molecule has 0 aliphatic carbocycles. The van der Waals surface area contributed by atoms with E-state index in [0.29, 0.717) is 0 Å². The summed E-state index contributed by atoms with van der Waals surface area (Å²) in [6.07, 6.45) is 0. The van der Waals surface area contributed by atoms with E-state index in [1.54, 1.807) is 18.2 Å². The molecule has 92 valence electrons. The Balaban J connectivity index is 0.000000181. The first-order valence-electron chi connectivity index (χ1n) is 4.58. The molecule has 7 nitrogen and oxygen atoms in total. The number of amides is 3. The van der Waals surface area contributed by atoms with Crippen LogP contribution in [0.15, 0.2) is 30.3 Å². The van der Waals surface area contributed by atoms with Crippen molar-refractivity contribution in [2.24, 2.45) is 0 Å². The van der Waals surface area contributed by atoms with Gasteiger partial charge in [0.1, 0.15) is 0 Å². The summed E-state index contributed by atoms with van der Waals surface area (Å²) in [5, 5.41) is 4.30. The van der Waals surface area contributed by atoms with Crippen LogP contribution >= 0.6 is 0 Å². The molecule has 0 atom stereocenters. The van der Waals surface area contributed by atoms with E-state index < -0.39 is 20.2 Å². The number of nitrogens with one attached hydrogen (secondary N) is 2. The SMILES string of the molecule is O=C1CNC(=O)N1.O=[As](O)(O)c1ccccc1. The zero-order valence-corrected chi connectivity index (χ0v) is 10.5. The van der Waals surface area contributed by atoms with Gasteiger partial charge in [0.2, 0.25) is 5.91 Å². The van der Waals surface area contributed by atoms with Gasteiger partial charge in [-0.25, -0.2) is 4.79 Å². The fourth-order valence-corrected chi connectivity index (χ4v) is 2.17. The Morgan fingerprint density at radius 3 is 1.94 bits per heavy atom. The van der Waals surface area contributed by atoms with Gasteiger partial charge in [-0.2, -0.15) is 0 Å². The first-order valence-corrected chi connectivity index (χ1v) is 7.97. The van der Waals surface area contributed by atoms with Crippen molar-refractivity contribution in [3.05, 3.63) is 30.3 Å². The molecule has 0 radical (unpaired) electrons. The molecule has 0 bridgehead atoms. The number of benzene rings is 1. The quantitative estimate of drug-likeness (QED) is 0.356. The van der Waals surface area contributed by atoms with Crippen molar-refractivity contribution in [1.82, 2.24) is 10.6 Å². The van der Waals surface area contributed by atoms with Gasteiger partial charge in [0.15, 0.2) is 0 Å². The standard InChI is InChI=1S/C6H7AsO3.C3H4N2O2/c8-7(9,10)6-4-2-1-3-5-6;6-2-1-4-3(7)5-2/h1-5H,(H2,8,9,10);1H2,(H2,4,5,6,7). The van der Waals surface area contributed by atoms with Crippen LogP contribution in [0.2, 0.25) is 0 Å². The van der Waals surface area contributed by atoms with Crippen LogP contribution in [0.3, 0.4) is 0 Å². The second-order valence-electron chi connectivity index (χ2n) is 3.11. The van der Waals surface area contributed by atoms with Gasteiger partial charge in [0, 0.05) is 0 Å². The predicted octanol–water partition coefficient (Wildman–Crippen LogP) is -1.93. The summed E-state index contributed by atoms with van der Waals surface area (Å²) in [5.74, 6) is -0.259. The van der Waals surface area contributed by atoms with Crippen molar-refractivity contribution in [1.29, 1.82) is 0 Å². The van der Waals surface area contributed by atoms with E-state index >= 15 is 0 Å². The molecule has 8 heteroatoms. The Labute approximate surface area is 99.8 Å². The van der Waals surface area contributed by atoms with Crippen LogP contribution in [0, 0.1) is 0 Å². The monoisotopic (exact) mass is 302 g/mol. The van der Waals surface area contributed by atoms with Crippen molar-refractivity contribution in [2.75, 3.05) is 6.54 Å². The van der Waals surface area contributed by atoms with E-state index in [2.05, 4.69) is 5.32 Å². The van der Waals surface area contributed by atoms with Crippen molar-refractivity contribution < 1.29 is 21.5 Å². The van der Waals surface area contributed by atoms with E-state index in [9.17, 15) is 13.3 Å². The number of rotatable bonds is 1. The van der Waals surface area contributed by atoms with Crippen LogP contribution in [-0.4, -0.2) is 40.8 Å². The molecular weight excluding hydrogens is 291 g/mol. The molecule has 1 heterocycles. The van der Waals surface area contributed by atoms with Crippen LogP contribution in [-0.2, 0) is 8.53 Å². The average Bonchev–Trinajstić information content (AvgIpc) is 2.63. The molecule has 0 saturated carbocycles. The Kier molecular flexibility index (Phi) is 4.51. The molecule has 4 N–H and O–H groups in total. The van der Waals surface area contributed by atoms with Crippen LogP contribution in [0.5, 0.6) is 0 Å². The molecule has 17 heavy (non-hydrogen) atoms. The van der Waals surface area contributed by atoms with Crippen molar-refractivity contribution >= 4 is 30.5 Å². The molecule has 1 saturated heterocycles. The summed E-state index contributed by atoms with van der Waals surface area (Å²) >= 11 is -4.60. The third kappa shape index (κ3) is 4.86. The maximum atomic E-state index is 10.6. The molecule has 3 amide bonds. The molecule has 1 fully saturated rings. The third-order valence-corrected chi connectivity index (χ3v) is 3.79. The number of urea groups is 1. The molecule has 0 spiro atoms. The first-order chi connectivity index (χ1) is 7.89. The first kappa shape index (κ1) is 13.5. The van der Waals surface area contributed by atoms with E-state index in [-0.39, 0.29) is 16.8 Å². The molecular formula is C9H11AsN2O5. The van der Waals surface area contributed by atoms with Gasteiger partial charge >= 0.3 is 66.8 Å². The van der Waals surface area contributed by atoms with Gasteiger partial charge in [-0.3, -0.25) is 10.1 Å². The van der Waals surface area contributed by atoms with Crippen LogP contribution in [0.4, 0.5) is 4.79 Å². The number of imide groups is 1. The molecule has 1 aliphatic rings. The molecule has 1 aromatic carbocycles. The second kappa shape index (κ2) is 5.67. The minimum atomic E-state index is -4.60. The van der Waals surface area contributed by atoms with Crippen molar-refractivity contribution in [3.63, 3.8) is 0 Å². The average molecular weight is 302 g/mol. The van der Waals surface area contributed by atoms with Crippen molar-refractivity contribution in [3.8, 4) is 0 Å². The summed E-state index contributed by atoms with van der Waals surface area (Å²) in [6.45, 7) is 0.124. The van der Waals surface area contributed by atoms with E-state index in [1.807, 2.05) is 5.32 Å². The van der Waals surface area contributed by atoms with Gasteiger partial charge in [-0.1, -0.05) is 0 Å². The summed E-state index contributed by atoms with van der Waals surface area (Å²) in [7, 11) is 0. The summed E-state index contributed by atoms with van der Waals surface area (Å²) in [4.78, 5) is 20.1. The van der Waals surface area contributed by atoms with Gasteiger partial charge in [0.05, 0.1) is 6.54 Å². The number of carbonyl (C=O) groups excluding carboxylic acids is 2. The fraction of sp³-hybridized carbons (Fsp3) is 0.111. The van der Waals surface area contributed by atoms with Crippen LogP contribution in [0.1, 0.15) is 0 Å². The number of hydrogen-bond acceptors (Lipinski definition) is 3. The number of carbonyl (C=O) groups is 2. The van der Waals surface area contributed by atoms with Crippen LogP contribution in [0.25, 0.3) is 0 Å². The van der Waals surface area contributed by atoms with Gasteiger partial charge < -0.3 is 5.32 Å². The number of hydrogen-bond donors (Lipinski definition) is 4. The maximum absolute atomic E-state index is 10.6. The zero-order valence-electron chi connectivity index (χ0n) is 8.66. The zero-order chi connectivity index (χ0) is 12.9. The predicted molar refractivity (Wildman–Crippen MR) is 58.5 cm³/mol. The summed E-state index contributed by atoms with van der Waals surface area (Å²) < 4.78 is 28.0. The van der Waals surface area contributed by atoms with E-state index in [0.717, 1.165) is 0 Å². The molecule has 2 rings (SSSR count). The summed E-state index contributed by atoms with van der Waals surface area (Å²) in [5.41, 5.74) is 0. The van der Waals surface area contributed by atoms with Gasteiger partial charge in [-0.05, 0) is 0 Å². The molecule has 0 aromatic heterocycles. The van der Waals surface area contributed by atoms with Crippen LogP contribution < -0.4 is 15.0 Å². The Hall–Kier alpha value is -1.56. The second-order valence-corrected chi connectivity index (χ2v) is 6.48. The summed E-state index contributed by atoms with van der Waals surface area (Å²) in [6, 6.07) is 7.39. The Bertz CT molecular complexity index is 442. The molecule has 0 unspecified atom stereocenters. The Morgan fingerprint density at radius 1 is 1.12 bits per heavy atom.